The van der Waals surface area contributed by atoms with Crippen LogP contribution in [0.25, 0.3) is 18.8 Å². The van der Waals surface area contributed by atoms with Gasteiger partial charge in [-0.1, -0.05) is 95.0 Å². The lowest BCUT2D eigenvalue weighted by Crippen LogP contribution is -2.15. The number of benzene rings is 3. The highest BCUT2D eigenvalue weighted by atomic mass is 32.3. The van der Waals surface area contributed by atoms with Crippen molar-refractivity contribution in [3.8, 4) is 23.0 Å². The van der Waals surface area contributed by atoms with Gasteiger partial charge in [-0.25, -0.2) is 0 Å². The minimum Gasteiger partial charge on any atom is -0.491 e. The summed E-state index contributed by atoms with van der Waals surface area (Å²) in [4.78, 5) is 7.56. The van der Waals surface area contributed by atoms with Gasteiger partial charge in [0, 0.05) is 21.3 Å². The highest BCUT2D eigenvalue weighted by Crippen LogP contribution is 2.77. The number of ether oxygens (including phenoxy) is 4. The van der Waals surface area contributed by atoms with Crippen molar-refractivity contribution in [2.24, 2.45) is 0 Å². The normalized spacial score (nSPS) is 18.0. The van der Waals surface area contributed by atoms with Crippen LogP contribution in [0, 0.1) is 6.28 Å². The fourth-order valence-electron chi connectivity index (χ4n) is 5.92. The summed E-state index contributed by atoms with van der Waals surface area (Å²) in [5.41, 5.74) is 2.84. The van der Waals surface area contributed by atoms with E-state index in [0.717, 1.165) is 59.6 Å². The van der Waals surface area contributed by atoms with E-state index in [1.54, 1.807) is 45.3 Å². The maximum Gasteiger partial charge on any atom is 0.167 e. The molecular formula is C32H26O4S14. The zero-order valence-electron chi connectivity index (χ0n) is 26.7. The van der Waals surface area contributed by atoms with E-state index in [1.807, 2.05) is 94.1 Å². The van der Waals surface area contributed by atoms with Crippen LogP contribution < -0.4 is 18.9 Å². The van der Waals surface area contributed by atoms with E-state index in [0.29, 0.717) is 26.4 Å². The zero-order valence-corrected chi connectivity index (χ0v) is 38.2. The summed E-state index contributed by atoms with van der Waals surface area (Å²) in [6.07, 6.45) is 0. The third-order valence-corrected chi connectivity index (χ3v) is 26.7. The molecule has 262 valence electrons. The van der Waals surface area contributed by atoms with Crippen LogP contribution in [0.15, 0.2) is 41.5 Å². The van der Waals surface area contributed by atoms with Crippen LogP contribution >= 0.6 is 164 Å². The summed E-state index contributed by atoms with van der Waals surface area (Å²) in [6, 6.07) is 4.95. The van der Waals surface area contributed by atoms with Gasteiger partial charge >= 0.3 is 0 Å². The third kappa shape index (κ3) is 6.11. The fourth-order valence-corrected chi connectivity index (χ4v) is 25.6. The largest absolute Gasteiger partial charge is 0.491 e. The second-order valence-electron chi connectivity index (χ2n) is 10.8. The molecule has 4 aliphatic rings. The molecule has 0 radical (unpaired) electrons. The highest BCUT2D eigenvalue weighted by molar-refractivity contribution is 8.49. The Bertz CT molecular complexity index is 2050. The van der Waals surface area contributed by atoms with Gasteiger partial charge in [0.15, 0.2) is 28.5 Å². The van der Waals surface area contributed by atoms with Crippen molar-refractivity contribution >= 4 is 183 Å². The average Bonchev–Trinajstić information content (AvgIpc) is 3.86. The molecule has 0 saturated carbocycles. The Balaban J connectivity index is 1.03. The minimum atomic E-state index is -0.148. The summed E-state index contributed by atoms with van der Waals surface area (Å²) in [7, 11) is 0. The van der Waals surface area contributed by atoms with Gasteiger partial charge in [-0.2, -0.15) is 0 Å². The molecule has 0 aliphatic carbocycles. The molecule has 0 N–H and O–H groups in total. The van der Waals surface area contributed by atoms with Gasteiger partial charge in [-0.3, -0.25) is 0 Å². The first-order valence-corrected chi connectivity index (χ1v) is 26.6. The van der Waals surface area contributed by atoms with Gasteiger partial charge < -0.3 is 18.9 Å². The molecule has 6 heterocycles. The molecule has 18 heteroatoms. The number of hydrogen-bond acceptors (Lipinski definition) is 18. The third-order valence-electron chi connectivity index (χ3n) is 7.80. The second-order valence-corrected chi connectivity index (χ2v) is 30.2. The van der Waals surface area contributed by atoms with Gasteiger partial charge in [-0.05, 0) is 51.0 Å². The molecule has 9 rings (SSSR count). The lowest BCUT2D eigenvalue weighted by molar-refractivity contribution is 0.323. The summed E-state index contributed by atoms with van der Waals surface area (Å²) < 4.78 is 31.4. The first-order valence-electron chi connectivity index (χ1n) is 15.6. The number of thioether (sulfide) groups is 8. The van der Waals surface area contributed by atoms with Gasteiger partial charge in [0.1, 0.15) is 6.28 Å². The Morgan fingerprint density at radius 1 is 0.500 bits per heavy atom. The Labute approximate surface area is 350 Å². The zero-order chi connectivity index (χ0) is 34.4. The van der Waals surface area contributed by atoms with Crippen LogP contribution in [0.3, 0.4) is 0 Å². The Morgan fingerprint density at radius 3 is 1.08 bits per heavy atom. The van der Waals surface area contributed by atoms with E-state index >= 15 is 0 Å². The van der Waals surface area contributed by atoms with Crippen molar-refractivity contribution in [1.82, 2.24) is 0 Å². The fraction of sp³-hybridized carbons (Fsp3) is 0.375. The Morgan fingerprint density at radius 2 is 0.800 bits per heavy atom. The molecule has 0 atom stereocenters. The molecule has 2 aromatic heterocycles. The topological polar surface area (TPSA) is 36.9 Å². The van der Waals surface area contributed by atoms with Gasteiger partial charge in [0.25, 0.3) is 0 Å². The molecule has 4 nitrogen and oxygen atoms in total. The SMILES string of the molecule is CCOc1c2c(c(OCC)c3sc(=S)sc13)SC1(SCc3cc4c(cc3S1)CSC1(S4)Sc3c(c(OCC)c4sc(=S)sc4c3OCC)S1)S2. The maximum atomic E-state index is 6.35. The van der Waals surface area contributed by atoms with Crippen LogP contribution in [0.5, 0.6) is 23.0 Å². The van der Waals surface area contributed by atoms with Crippen molar-refractivity contribution in [2.75, 3.05) is 26.4 Å². The lowest BCUT2D eigenvalue weighted by Gasteiger charge is -2.35. The van der Waals surface area contributed by atoms with Crippen molar-refractivity contribution in [2.45, 2.75) is 74.1 Å². The molecule has 50 heavy (non-hydrogen) atoms. The van der Waals surface area contributed by atoms with Crippen molar-refractivity contribution in [3.05, 3.63) is 29.5 Å². The number of rotatable bonds is 8. The van der Waals surface area contributed by atoms with Crippen LogP contribution in [-0.2, 0) is 11.5 Å². The molecule has 0 bridgehead atoms. The molecular weight excluding hydrogens is 897 g/mol. The van der Waals surface area contributed by atoms with Crippen LogP contribution in [0.2, 0.25) is 0 Å². The predicted molar refractivity (Wildman–Crippen MR) is 235 cm³/mol. The minimum absolute atomic E-state index is 0.148. The molecule has 4 aliphatic heterocycles. The van der Waals surface area contributed by atoms with Gasteiger partial charge in [-0.15, -0.1) is 68.9 Å². The van der Waals surface area contributed by atoms with Crippen molar-refractivity contribution in [3.63, 3.8) is 0 Å². The first kappa shape index (κ1) is 36.4. The molecule has 3 aromatic carbocycles. The van der Waals surface area contributed by atoms with Gasteiger partial charge in [0.2, 0.25) is 0 Å². The summed E-state index contributed by atoms with van der Waals surface area (Å²) in [5, 5.41) is 0. The molecule has 0 amide bonds. The van der Waals surface area contributed by atoms with Gasteiger partial charge in [0.05, 0.1) is 64.8 Å². The molecule has 5 aromatic rings. The smallest absolute Gasteiger partial charge is 0.167 e. The Kier molecular flexibility index (Phi) is 10.4. The number of fused-ring (bicyclic) bond motifs is 6. The first-order chi connectivity index (χ1) is 24.3. The van der Waals surface area contributed by atoms with Crippen LogP contribution in [0.4, 0.5) is 0 Å². The Hall–Kier alpha value is 0.720. The monoisotopic (exact) mass is 922 g/mol. The van der Waals surface area contributed by atoms with Crippen molar-refractivity contribution in [1.29, 1.82) is 0 Å². The summed E-state index contributed by atoms with van der Waals surface area (Å²) in [6.45, 7) is 10.7. The van der Waals surface area contributed by atoms with Crippen LogP contribution in [-0.4, -0.2) is 31.9 Å². The maximum absolute atomic E-state index is 6.35. The van der Waals surface area contributed by atoms with E-state index < -0.39 is 0 Å². The average molecular weight is 923 g/mol. The number of hydrogen-bond donors (Lipinski definition) is 0. The van der Waals surface area contributed by atoms with E-state index in [4.69, 9.17) is 43.4 Å². The summed E-state index contributed by atoms with van der Waals surface area (Å²) in [5.74, 6) is 5.80. The summed E-state index contributed by atoms with van der Waals surface area (Å²) >= 11 is 33.6. The molecule has 0 fully saturated rings. The lowest BCUT2D eigenvalue weighted by atomic mass is 10.2. The molecule has 0 unspecified atom stereocenters. The molecule has 2 spiro atoms. The van der Waals surface area contributed by atoms with Crippen molar-refractivity contribution < 1.29 is 18.9 Å². The quantitative estimate of drug-likeness (QED) is 0.139. The predicted octanol–water partition coefficient (Wildman–Crippen LogP) is 15.0. The highest BCUT2D eigenvalue weighted by Gasteiger charge is 2.50. The second kappa shape index (κ2) is 14.3. The van der Waals surface area contributed by atoms with E-state index in [1.165, 1.54) is 40.5 Å². The van der Waals surface area contributed by atoms with E-state index in [9.17, 15) is 0 Å². The van der Waals surface area contributed by atoms with E-state index in [-0.39, 0.29) is 5.49 Å². The van der Waals surface area contributed by atoms with Crippen LogP contribution in [0.1, 0.15) is 38.8 Å². The molecule has 0 saturated heterocycles. The van der Waals surface area contributed by atoms with E-state index in [2.05, 4.69) is 39.8 Å². The standard InChI is InChI=1S/C32H26O4S14/c1-5-33-17-21-22(42-29(37)41-21)18(34-6-2)26-25(17)47-31(48-26)39-11-13-10-16-14(9-15(13)45-31)12-40-32(46-16)49-27-19(35-7-3)23-24(44-30(38)43-23)20(36-8-4)28(27)50-32/h9-10H,5-8,11-12H2,1-4H3.